The summed E-state index contributed by atoms with van der Waals surface area (Å²) >= 11 is 0. The molecule has 1 aliphatic heterocycles. The molecule has 0 atom stereocenters. The van der Waals surface area contributed by atoms with E-state index in [1.54, 1.807) is 0 Å². The maximum atomic E-state index is 4.60. The average molecular weight is 203 g/mol. The summed E-state index contributed by atoms with van der Waals surface area (Å²) in [6.07, 6.45) is 3.71. The van der Waals surface area contributed by atoms with Gasteiger partial charge in [0.2, 0.25) is 0 Å². The van der Waals surface area contributed by atoms with E-state index in [9.17, 15) is 0 Å². The van der Waals surface area contributed by atoms with Crippen molar-refractivity contribution in [3.63, 3.8) is 0 Å². The SMILES string of the molecule is CCCCN1CCC[N]c2ccccc21. The van der Waals surface area contributed by atoms with Crippen LogP contribution in [0.15, 0.2) is 24.3 Å². The van der Waals surface area contributed by atoms with Gasteiger partial charge in [0.15, 0.2) is 0 Å². The highest BCUT2D eigenvalue weighted by atomic mass is 15.2. The Kier molecular flexibility index (Phi) is 3.49. The Morgan fingerprint density at radius 3 is 3.07 bits per heavy atom. The van der Waals surface area contributed by atoms with Crippen LogP contribution in [0.4, 0.5) is 11.4 Å². The van der Waals surface area contributed by atoms with Gasteiger partial charge in [-0.2, -0.15) is 0 Å². The third-order valence-corrected chi connectivity index (χ3v) is 2.87. The Labute approximate surface area is 92.3 Å². The predicted molar refractivity (Wildman–Crippen MR) is 64.8 cm³/mol. The number of para-hydroxylation sites is 2. The predicted octanol–water partition coefficient (Wildman–Crippen LogP) is 2.93. The van der Waals surface area contributed by atoms with Gasteiger partial charge in [-0.3, -0.25) is 5.32 Å². The first-order valence-corrected chi connectivity index (χ1v) is 5.93. The van der Waals surface area contributed by atoms with Gasteiger partial charge in [0.1, 0.15) is 0 Å². The third-order valence-electron chi connectivity index (χ3n) is 2.87. The zero-order chi connectivity index (χ0) is 10.5. The van der Waals surface area contributed by atoms with Crippen molar-refractivity contribution in [1.29, 1.82) is 0 Å². The molecule has 0 fully saturated rings. The number of unbranched alkanes of at least 4 members (excludes halogenated alkanes) is 1. The van der Waals surface area contributed by atoms with Crippen LogP contribution in [0, 0.1) is 0 Å². The summed E-state index contributed by atoms with van der Waals surface area (Å²) in [5, 5.41) is 4.60. The fourth-order valence-electron chi connectivity index (χ4n) is 2.03. The minimum absolute atomic E-state index is 0.972. The quantitative estimate of drug-likeness (QED) is 0.738. The Balaban J connectivity index is 2.17. The molecule has 0 amide bonds. The van der Waals surface area contributed by atoms with E-state index in [0.717, 1.165) is 13.1 Å². The Morgan fingerprint density at radius 2 is 2.20 bits per heavy atom. The largest absolute Gasteiger partial charge is 0.370 e. The van der Waals surface area contributed by atoms with E-state index < -0.39 is 0 Å². The van der Waals surface area contributed by atoms with Crippen LogP contribution >= 0.6 is 0 Å². The lowest BCUT2D eigenvalue weighted by molar-refractivity contribution is 0.689. The van der Waals surface area contributed by atoms with Crippen LogP contribution in [-0.2, 0) is 0 Å². The van der Waals surface area contributed by atoms with Crippen molar-refractivity contribution in [2.45, 2.75) is 26.2 Å². The van der Waals surface area contributed by atoms with Crippen molar-refractivity contribution in [2.75, 3.05) is 24.5 Å². The highest BCUT2D eigenvalue weighted by molar-refractivity contribution is 5.66. The molecule has 0 aromatic heterocycles. The third kappa shape index (κ3) is 2.44. The van der Waals surface area contributed by atoms with E-state index >= 15 is 0 Å². The van der Waals surface area contributed by atoms with Crippen molar-refractivity contribution in [2.24, 2.45) is 0 Å². The molecule has 2 heteroatoms. The van der Waals surface area contributed by atoms with Crippen LogP contribution in [0.2, 0.25) is 0 Å². The maximum absolute atomic E-state index is 4.60. The van der Waals surface area contributed by atoms with Gasteiger partial charge in [-0.15, -0.1) is 0 Å². The fourth-order valence-corrected chi connectivity index (χ4v) is 2.03. The van der Waals surface area contributed by atoms with Crippen LogP contribution in [0.1, 0.15) is 26.2 Å². The first-order valence-electron chi connectivity index (χ1n) is 5.93. The van der Waals surface area contributed by atoms with Gasteiger partial charge in [0.05, 0.1) is 11.4 Å². The number of fused-ring (bicyclic) bond motifs is 1. The highest BCUT2D eigenvalue weighted by Crippen LogP contribution is 2.28. The van der Waals surface area contributed by atoms with Gasteiger partial charge < -0.3 is 4.90 Å². The van der Waals surface area contributed by atoms with Gasteiger partial charge in [0, 0.05) is 19.6 Å². The zero-order valence-electron chi connectivity index (χ0n) is 9.45. The van der Waals surface area contributed by atoms with Crippen molar-refractivity contribution >= 4 is 11.4 Å². The van der Waals surface area contributed by atoms with Crippen LogP contribution in [0.3, 0.4) is 0 Å². The van der Waals surface area contributed by atoms with E-state index in [-0.39, 0.29) is 0 Å². The molecule has 15 heavy (non-hydrogen) atoms. The second-order valence-electron chi connectivity index (χ2n) is 4.06. The van der Waals surface area contributed by atoms with Crippen molar-refractivity contribution in [1.82, 2.24) is 5.32 Å². The molecule has 0 bridgehead atoms. The maximum Gasteiger partial charge on any atom is 0.0807 e. The lowest BCUT2D eigenvalue weighted by atomic mass is 10.2. The van der Waals surface area contributed by atoms with E-state index in [1.807, 2.05) is 0 Å². The number of hydrogen-bond donors (Lipinski definition) is 0. The molecule has 2 nitrogen and oxygen atoms in total. The standard InChI is InChI=1S/C13H19N2/c1-2-3-10-15-11-6-9-14-12-7-4-5-8-13(12)15/h4-5,7-8H,2-3,6,9-11H2,1H3. The fraction of sp³-hybridized carbons (Fsp3) is 0.538. The van der Waals surface area contributed by atoms with Crippen LogP contribution in [-0.4, -0.2) is 19.6 Å². The lowest BCUT2D eigenvalue weighted by Gasteiger charge is -2.23. The van der Waals surface area contributed by atoms with Crippen molar-refractivity contribution in [3.8, 4) is 0 Å². The number of anilines is 1. The lowest BCUT2D eigenvalue weighted by Crippen LogP contribution is -2.24. The number of benzene rings is 1. The minimum Gasteiger partial charge on any atom is -0.370 e. The molecule has 81 valence electrons. The van der Waals surface area contributed by atoms with E-state index in [2.05, 4.69) is 41.4 Å². The van der Waals surface area contributed by atoms with Crippen LogP contribution < -0.4 is 10.2 Å². The van der Waals surface area contributed by atoms with Gasteiger partial charge in [-0.25, -0.2) is 0 Å². The number of nitrogens with zero attached hydrogens (tertiary/aromatic N) is 2. The summed E-state index contributed by atoms with van der Waals surface area (Å²) in [6.45, 7) is 5.54. The Morgan fingerprint density at radius 1 is 1.33 bits per heavy atom. The Bertz CT molecular complexity index is 309. The molecule has 1 heterocycles. The topological polar surface area (TPSA) is 17.3 Å². The number of rotatable bonds is 3. The first kappa shape index (κ1) is 10.3. The van der Waals surface area contributed by atoms with Gasteiger partial charge in [0.25, 0.3) is 0 Å². The average Bonchev–Trinajstić information content (AvgIpc) is 2.49. The zero-order valence-corrected chi connectivity index (χ0v) is 9.45. The first-order chi connectivity index (χ1) is 7.42. The molecule has 0 spiro atoms. The smallest absolute Gasteiger partial charge is 0.0807 e. The van der Waals surface area contributed by atoms with Gasteiger partial charge in [-0.05, 0) is 25.0 Å². The summed E-state index contributed by atoms with van der Waals surface area (Å²) in [5.74, 6) is 0. The van der Waals surface area contributed by atoms with E-state index in [0.29, 0.717) is 0 Å². The van der Waals surface area contributed by atoms with Gasteiger partial charge >= 0.3 is 0 Å². The monoisotopic (exact) mass is 203 g/mol. The molecule has 2 rings (SSSR count). The molecular formula is C13H19N2. The van der Waals surface area contributed by atoms with Crippen molar-refractivity contribution in [3.05, 3.63) is 24.3 Å². The van der Waals surface area contributed by atoms with Gasteiger partial charge in [-0.1, -0.05) is 25.5 Å². The van der Waals surface area contributed by atoms with E-state index in [4.69, 9.17) is 0 Å². The van der Waals surface area contributed by atoms with E-state index in [1.165, 1.54) is 37.2 Å². The molecular weight excluding hydrogens is 184 g/mol. The normalized spacial score (nSPS) is 15.4. The molecule has 0 saturated heterocycles. The molecule has 1 radical (unpaired) electrons. The second kappa shape index (κ2) is 5.06. The molecule has 1 aliphatic rings. The molecule has 0 aliphatic carbocycles. The summed E-state index contributed by atoms with van der Waals surface area (Å²) in [5.41, 5.74) is 2.49. The summed E-state index contributed by atoms with van der Waals surface area (Å²) in [7, 11) is 0. The van der Waals surface area contributed by atoms with Crippen LogP contribution in [0.5, 0.6) is 0 Å². The molecule has 1 aromatic carbocycles. The minimum atomic E-state index is 0.972. The Hall–Kier alpha value is -1.18. The summed E-state index contributed by atoms with van der Waals surface area (Å²) in [6, 6.07) is 8.50. The molecule has 0 N–H and O–H groups in total. The van der Waals surface area contributed by atoms with Crippen molar-refractivity contribution < 1.29 is 0 Å². The van der Waals surface area contributed by atoms with Crippen LogP contribution in [0.25, 0.3) is 0 Å². The molecule has 1 aromatic rings. The molecule has 0 saturated carbocycles. The summed E-state index contributed by atoms with van der Waals surface area (Å²) in [4.78, 5) is 2.48. The second-order valence-corrected chi connectivity index (χ2v) is 4.06. The highest BCUT2D eigenvalue weighted by Gasteiger charge is 2.14. The molecule has 0 unspecified atom stereocenters. The summed E-state index contributed by atoms with van der Waals surface area (Å²) < 4.78 is 0. The number of hydrogen-bond acceptors (Lipinski definition) is 1.